The van der Waals surface area contributed by atoms with Crippen molar-refractivity contribution in [1.82, 2.24) is 5.32 Å². The number of halogens is 2. The van der Waals surface area contributed by atoms with E-state index >= 15 is 0 Å². The Bertz CT molecular complexity index is 916. The molecule has 0 unspecified atom stereocenters. The van der Waals surface area contributed by atoms with Crippen LogP contribution >= 0.6 is 23.2 Å². The van der Waals surface area contributed by atoms with Gasteiger partial charge in [-0.15, -0.1) is 0 Å². The van der Waals surface area contributed by atoms with Crippen molar-refractivity contribution in [2.75, 3.05) is 19.0 Å². The van der Waals surface area contributed by atoms with E-state index in [1.807, 2.05) is 0 Å². The van der Waals surface area contributed by atoms with E-state index in [0.29, 0.717) is 27.0 Å². The lowest BCUT2D eigenvalue weighted by Gasteiger charge is -2.20. The number of anilines is 1. The molecule has 0 heterocycles. The third kappa shape index (κ3) is 6.64. The van der Waals surface area contributed by atoms with Crippen LogP contribution in [0.1, 0.15) is 24.2 Å². The van der Waals surface area contributed by atoms with Crippen LogP contribution in [0.5, 0.6) is 5.75 Å². The first-order chi connectivity index (χ1) is 14.2. The van der Waals surface area contributed by atoms with E-state index in [1.54, 1.807) is 50.2 Å². The zero-order chi connectivity index (χ0) is 22.3. The van der Waals surface area contributed by atoms with Gasteiger partial charge in [-0.05, 0) is 48.4 Å². The summed E-state index contributed by atoms with van der Waals surface area (Å²) < 4.78 is 10.1. The zero-order valence-corrected chi connectivity index (χ0v) is 18.2. The van der Waals surface area contributed by atoms with Crippen LogP contribution in [0.3, 0.4) is 0 Å². The summed E-state index contributed by atoms with van der Waals surface area (Å²) in [5.74, 6) is -1.49. The van der Waals surface area contributed by atoms with Gasteiger partial charge in [0.15, 0.2) is 6.61 Å². The van der Waals surface area contributed by atoms with Crippen molar-refractivity contribution < 1.29 is 23.9 Å². The van der Waals surface area contributed by atoms with Gasteiger partial charge in [-0.1, -0.05) is 37.0 Å². The summed E-state index contributed by atoms with van der Waals surface area (Å²) in [4.78, 5) is 36.9. The van der Waals surface area contributed by atoms with Crippen LogP contribution in [0.15, 0.2) is 42.5 Å². The number of hydrogen-bond acceptors (Lipinski definition) is 5. The zero-order valence-electron chi connectivity index (χ0n) is 16.7. The first-order valence-corrected chi connectivity index (χ1v) is 9.83. The molecule has 1 atom stereocenters. The number of benzene rings is 2. The molecule has 0 aliphatic rings. The fraction of sp³-hybridized carbons (Fsp3) is 0.286. The van der Waals surface area contributed by atoms with E-state index in [1.165, 1.54) is 13.2 Å². The van der Waals surface area contributed by atoms with Crippen LogP contribution in [0.2, 0.25) is 10.0 Å². The highest BCUT2D eigenvalue weighted by molar-refractivity contribution is 6.32. The van der Waals surface area contributed by atoms with Crippen LogP contribution in [-0.4, -0.2) is 37.5 Å². The number of amides is 2. The van der Waals surface area contributed by atoms with E-state index in [-0.39, 0.29) is 5.92 Å². The third-order valence-electron chi connectivity index (χ3n) is 4.09. The molecule has 9 heteroatoms. The largest absolute Gasteiger partial charge is 0.495 e. The fourth-order valence-corrected chi connectivity index (χ4v) is 2.87. The van der Waals surface area contributed by atoms with Crippen LogP contribution in [0.25, 0.3) is 0 Å². The first-order valence-electron chi connectivity index (χ1n) is 9.07. The number of nitrogens with one attached hydrogen (secondary N) is 2. The van der Waals surface area contributed by atoms with Crippen molar-refractivity contribution in [2.24, 2.45) is 5.92 Å². The summed E-state index contributed by atoms with van der Waals surface area (Å²) in [6, 6.07) is 10.1. The van der Waals surface area contributed by atoms with Gasteiger partial charge in [0, 0.05) is 16.3 Å². The summed E-state index contributed by atoms with van der Waals surface area (Å²) in [5, 5.41) is 6.03. The molecule has 0 aromatic heterocycles. The topological polar surface area (TPSA) is 93.7 Å². The predicted octanol–water partition coefficient (Wildman–Crippen LogP) is 3.94. The molecule has 0 saturated heterocycles. The van der Waals surface area contributed by atoms with Crippen molar-refractivity contribution in [3.8, 4) is 5.75 Å². The number of ether oxygens (including phenoxy) is 2. The quantitative estimate of drug-likeness (QED) is 0.591. The Labute approximate surface area is 184 Å². The third-order valence-corrected chi connectivity index (χ3v) is 4.64. The van der Waals surface area contributed by atoms with E-state index in [9.17, 15) is 14.4 Å². The Morgan fingerprint density at radius 2 is 1.70 bits per heavy atom. The Morgan fingerprint density at radius 3 is 2.27 bits per heavy atom. The molecule has 2 rings (SSSR count). The summed E-state index contributed by atoms with van der Waals surface area (Å²) in [6.07, 6.45) is 0. The van der Waals surface area contributed by atoms with Crippen molar-refractivity contribution in [3.05, 3.63) is 58.1 Å². The molecule has 0 fully saturated rings. The second-order valence-corrected chi connectivity index (χ2v) is 7.55. The SMILES string of the molecule is COc1ccc(NC(=O)COC(=O)[C@@H](NC(=O)c2ccc(Cl)cc2)C(C)C)cc1Cl. The highest BCUT2D eigenvalue weighted by atomic mass is 35.5. The van der Waals surface area contributed by atoms with E-state index in [0.717, 1.165) is 0 Å². The van der Waals surface area contributed by atoms with Crippen molar-refractivity contribution in [2.45, 2.75) is 19.9 Å². The average molecular weight is 453 g/mol. The van der Waals surface area contributed by atoms with Gasteiger partial charge in [0.1, 0.15) is 11.8 Å². The van der Waals surface area contributed by atoms with Crippen LogP contribution in [-0.2, 0) is 14.3 Å². The lowest BCUT2D eigenvalue weighted by molar-refractivity contribution is -0.150. The smallest absolute Gasteiger partial charge is 0.329 e. The van der Waals surface area contributed by atoms with Gasteiger partial charge < -0.3 is 20.1 Å². The van der Waals surface area contributed by atoms with Gasteiger partial charge in [-0.3, -0.25) is 9.59 Å². The molecule has 2 amide bonds. The summed E-state index contributed by atoms with van der Waals surface area (Å²) in [6.45, 7) is 3.00. The summed E-state index contributed by atoms with van der Waals surface area (Å²) in [5.41, 5.74) is 0.783. The monoisotopic (exact) mass is 452 g/mol. The lowest BCUT2D eigenvalue weighted by atomic mass is 10.0. The van der Waals surface area contributed by atoms with E-state index in [2.05, 4.69) is 10.6 Å². The Balaban J connectivity index is 1.92. The van der Waals surface area contributed by atoms with Crippen molar-refractivity contribution in [3.63, 3.8) is 0 Å². The molecule has 2 N–H and O–H groups in total. The minimum Gasteiger partial charge on any atom is -0.495 e. The summed E-state index contributed by atoms with van der Waals surface area (Å²) >= 11 is 11.8. The average Bonchev–Trinajstić information content (AvgIpc) is 2.70. The Kier molecular flexibility index (Phi) is 8.50. The normalized spacial score (nSPS) is 11.5. The maximum atomic E-state index is 12.4. The molecular weight excluding hydrogens is 431 g/mol. The van der Waals surface area contributed by atoms with Crippen LogP contribution < -0.4 is 15.4 Å². The minimum absolute atomic E-state index is 0.253. The standard InChI is InChI=1S/C21H22Cl2N2O5/c1-12(2)19(25-20(27)13-4-6-14(22)7-5-13)21(28)30-11-18(26)24-15-8-9-17(29-3)16(23)10-15/h4-10,12,19H,11H2,1-3H3,(H,24,26)(H,25,27)/t19-/m0/s1. The molecule has 0 aliphatic heterocycles. The number of methoxy groups -OCH3 is 1. The first kappa shape index (κ1) is 23.5. The molecule has 160 valence electrons. The van der Waals surface area contributed by atoms with Crippen molar-refractivity contribution in [1.29, 1.82) is 0 Å². The fourth-order valence-electron chi connectivity index (χ4n) is 2.49. The van der Waals surface area contributed by atoms with Gasteiger partial charge in [0.25, 0.3) is 11.8 Å². The minimum atomic E-state index is -0.920. The molecule has 30 heavy (non-hydrogen) atoms. The number of hydrogen-bond donors (Lipinski definition) is 2. The molecule has 7 nitrogen and oxygen atoms in total. The predicted molar refractivity (Wildman–Crippen MR) is 115 cm³/mol. The molecular formula is C21H22Cl2N2O5. The number of carbonyl (C=O) groups excluding carboxylic acids is 3. The summed E-state index contributed by atoms with van der Waals surface area (Å²) in [7, 11) is 1.48. The van der Waals surface area contributed by atoms with Gasteiger partial charge in [-0.2, -0.15) is 0 Å². The second-order valence-electron chi connectivity index (χ2n) is 6.71. The number of rotatable bonds is 8. The molecule has 0 aliphatic carbocycles. The van der Waals surface area contributed by atoms with E-state index in [4.69, 9.17) is 32.7 Å². The number of esters is 1. The maximum absolute atomic E-state index is 12.4. The molecule has 0 radical (unpaired) electrons. The van der Waals surface area contributed by atoms with Crippen LogP contribution in [0, 0.1) is 5.92 Å². The Hall–Kier alpha value is -2.77. The highest BCUT2D eigenvalue weighted by Gasteiger charge is 2.26. The molecule has 2 aromatic rings. The Morgan fingerprint density at radius 1 is 1.03 bits per heavy atom. The second kappa shape index (κ2) is 10.8. The van der Waals surface area contributed by atoms with Gasteiger partial charge in [0.2, 0.25) is 0 Å². The van der Waals surface area contributed by atoms with Crippen LogP contribution in [0.4, 0.5) is 5.69 Å². The molecule has 2 aromatic carbocycles. The van der Waals surface area contributed by atoms with Gasteiger partial charge >= 0.3 is 5.97 Å². The van der Waals surface area contributed by atoms with E-state index < -0.39 is 30.4 Å². The highest BCUT2D eigenvalue weighted by Crippen LogP contribution is 2.27. The molecule has 0 bridgehead atoms. The number of carbonyl (C=O) groups is 3. The molecule has 0 spiro atoms. The lowest BCUT2D eigenvalue weighted by Crippen LogP contribution is -2.45. The van der Waals surface area contributed by atoms with Crippen molar-refractivity contribution >= 4 is 46.7 Å². The molecule has 0 saturated carbocycles. The van der Waals surface area contributed by atoms with Gasteiger partial charge in [-0.25, -0.2) is 4.79 Å². The van der Waals surface area contributed by atoms with Gasteiger partial charge in [0.05, 0.1) is 12.1 Å². The maximum Gasteiger partial charge on any atom is 0.329 e.